The summed E-state index contributed by atoms with van der Waals surface area (Å²) in [6.45, 7) is 4.20. The van der Waals surface area contributed by atoms with Crippen LogP contribution in [-0.4, -0.2) is 18.3 Å². The molecular weight excluding hydrogens is 188 g/mol. The quantitative estimate of drug-likeness (QED) is 0.764. The summed E-state index contributed by atoms with van der Waals surface area (Å²) in [7, 11) is 1.69. The number of aryl methyl sites for hydroxylation is 1. The first-order valence-corrected chi connectivity index (χ1v) is 5.41. The number of aliphatic hydroxyl groups excluding tert-OH is 1. The van der Waals surface area contributed by atoms with Crippen LogP contribution in [0.3, 0.4) is 0 Å². The predicted molar refractivity (Wildman–Crippen MR) is 60.3 cm³/mol. The smallest absolute Gasteiger partial charge is 0.119 e. The molecule has 1 atom stereocenters. The monoisotopic (exact) mass is 206 g/mol. The van der Waals surface area contributed by atoms with Crippen molar-refractivity contribution in [1.29, 1.82) is 0 Å². The molecule has 2 heteroatoms. The third kappa shape index (κ3) is 1.63. The van der Waals surface area contributed by atoms with Gasteiger partial charge in [0.1, 0.15) is 5.75 Å². The average Bonchev–Trinajstić information content (AvgIpc) is 2.23. The normalized spacial score (nSPS) is 23.3. The van der Waals surface area contributed by atoms with Gasteiger partial charge in [0.25, 0.3) is 0 Å². The number of aliphatic hydroxyl groups is 1. The Labute approximate surface area is 90.9 Å². The average molecular weight is 206 g/mol. The number of benzene rings is 1. The molecule has 0 bridgehead atoms. The van der Waals surface area contributed by atoms with Crippen molar-refractivity contribution in [2.75, 3.05) is 7.11 Å². The van der Waals surface area contributed by atoms with Gasteiger partial charge >= 0.3 is 0 Å². The van der Waals surface area contributed by atoms with Crippen molar-refractivity contribution in [1.82, 2.24) is 0 Å². The maximum Gasteiger partial charge on any atom is 0.119 e. The number of hydrogen-bond acceptors (Lipinski definition) is 2. The van der Waals surface area contributed by atoms with Gasteiger partial charge in [-0.3, -0.25) is 0 Å². The van der Waals surface area contributed by atoms with Gasteiger partial charge in [-0.1, -0.05) is 19.9 Å². The zero-order chi connectivity index (χ0) is 11.1. The van der Waals surface area contributed by atoms with Gasteiger partial charge in [-0.25, -0.2) is 0 Å². The topological polar surface area (TPSA) is 29.5 Å². The molecule has 0 spiro atoms. The third-order valence-electron chi connectivity index (χ3n) is 3.53. The van der Waals surface area contributed by atoms with E-state index in [1.165, 1.54) is 11.1 Å². The van der Waals surface area contributed by atoms with Gasteiger partial charge in [-0.05, 0) is 36.1 Å². The maximum absolute atomic E-state index is 9.98. The fraction of sp³-hybridized carbons (Fsp3) is 0.538. The van der Waals surface area contributed by atoms with Crippen molar-refractivity contribution < 1.29 is 9.84 Å². The molecular formula is C13H18O2. The Bertz CT molecular complexity index is 369. The second kappa shape index (κ2) is 3.53. The van der Waals surface area contributed by atoms with E-state index >= 15 is 0 Å². The molecule has 0 aliphatic heterocycles. The first-order chi connectivity index (χ1) is 7.05. The zero-order valence-corrected chi connectivity index (χ0v) is 9.58. The molecule has 2 rings (SSSR count). The fourth-order valence-corrected chi connectivity index (χ4v) is 2.37. The van der Waals surface area contributed by atoms with Crippen molar-refractivity contribution in [2.24, 2.45) is 0 Å². The van der Waals surface area contributed by atoms with E-state index in [2.05, 4.69) is 26.0 Å². The van der Waals surface area contributed by atoms with Gasteiger partial charge in [0, 0.05) is 5.41 Å². The second-order valence-electron chi connectivity index (χ2n) is 4.80. The van der Waals surface area contributed by atoms with Crippen LogP contribution < -0.4 is 4.74 Å². The van der Waals surface area contributed by atoms with Crippen molar-refractivity contribution in [3.63, 3.8) is 0 Å². The van der Waals surface area contributed by atoms with Crippen LogP contribution in [0.1, 0.15) is 31.4 Å². The molecule has 2 nitrogen and oxygen atoms in total. The minimum Gasteiger partial charge on any atom is -0.497 e. The minimum absolute atomic E-state index is 0.139. The van der Waals surface area contributed by atoms with Crippen molar-refractivity contribution in [2.45, 2.75) is 38.2 Å². The maximum atomic E-state index is 9.98. The molecule has 0 radical (unpaired) electrons. The Kier molecular flexibility index (Phi) is 2.47. The van der Waals surface area contributed by atoms with E-state index in [0.717, 1.165) is 18.6 Å². The molecule has 1 aromatic rings. The van der Waals surface area contributed by atoms with Crippen LogP contribution in [0.2, 0.25) is 0 Å². The molecule has 0 saturated heterocycles. The van der Waals surface area contributed by atoms with Crippen molar-refractivity contribution in [3.05, 3.63) is 29.3 Å². The van der Waals surface area contributed by atoms with E-state index in [4.69, 9.17) is 4.74 Å². The van der Waals surface area contributed by atoms with Crippen LogP contribution in [-0.2, 0) is 11.8 Å². The summed E-state index contributed by atoms with van der Waals surface area (Å²) in [5.41, 5.74) is 2.42. The Hall–Kier alpha value is -1.02. The van der Waals surface area contributed by atoms with Crippen LogP contribution in [0.25, 0.3) is 0 Å². The SMILES string of the molecule is COc1ccc2c(c1)CCC(O)C2(C)C. The first-order valence-electron chi connectivity index (χ1n) is 5.41. The van der Waals surface area contributed by atoms with Crippen molar-refractivity contribution in [3.8, 4) is 5.75 Å². The number of ether oxygens (including phenoxy) is 1. The largest absolute Gasteiger partial charge is 0.497 e. The molecule has 15 heavy (non-hydrogen) atoms. The van der Waals surface area contributed by atoms with Crippen LogP contribution in [0.5, 0.6) is 5.75 Å². The van der Waals surface area contributed by atoms with Gasteiger partial charge in [-0.2, -0.15) is 0 Å². The molecule has 0 amide bonds. The Balaban J connectivity index is 2.48. The molecule has 0 saturated carbocycles. The van der Waals surface area contributed by atoms with Gasteiger partial charge in [0.15, 0.2) is 0 Å². The van der Waals surface area contributed by atoms with Gasteiger partial charge < -0.3 is 9.84 Å². The lowest BCUT2D eigenvalue weighted by molar-refractivity contribution is 0.0830. The van der Waals surface area contributed by atoms with E-state index in [-0.39, 0.29) is 11.5 Å². The summed E-state index contributed by atoms with van der Waals surface area (Å²) in [6.07, 6.45) is 1.54. The van der Waals surface area contributed by atoms with Crippen LogP contribution >= 0.6 is 0 Å². The summed E-state index contributed by atoms with van der Waals surface area (Å²) >= 11 is 0. The van der Waals surface area contributed by atoms with Crippen LogP contribution in [0, 0.1) is 0 Å². The molecule has 1 aliphatic rings. The number of rotatable bonds is 1. The number of methoxy groups -OCH3 is 1. The third-order valence-corrected chi connectivity index (χ3v) is 3.53. The highest BCUT2D eigenvalue weighted by Crippen LogP contribution is 2.38. The molecule has 0 heterocycles. The molecule has 0 fully saturated rings. The lowest BCUT2D eigenvalue weighted by Gasteiger charge is -2.37. The highest BCUT2D eigenvalue weighted by atomic mass is 16.5. The molecule has 1 aromatic carbocycles. The van der Waals surface area contributed by atoms with E-state index in [1.54, 1.807) is 7.11 Å². The van der Waals surface area contributed by atoms with Gasteiger partial charge in [-0.15, -0.1) is 0 Å². The van der Waals surface area contributed by atoms with E-state index in [1.807, 2.05) is 6.07 Å². The second-order valence-corrected chi connectivity index (χ2v) is 4.80. The summed E-state index contributed by atoms with van der Waals surface area (Å²) in [6, 6.07) is 6.14. The molecule has 1 N–H and O–H groups in total. The number of hydrogen-bond donors (Lipinski definition) is 1. The Morgan fingerprint density at radius 3 is 2.80 bits per heavy atom. The predicted octanol–water partition coefficient (Wildman–Crippen LogP) is 2.28. The Morgan fingerprint density at radius 1 is 1.40 bits per heavy atom. The fourth-order valence-electron chi connectivity index (χ4n) is 2.37. The summed E-state index contributed by atoms with van der Waals surface area (Å²) in [5.74, 6) is 0.904. The zero-order valence-electron chi connectivity index (χ0n) is 9.58. The van der Waals surface area contributed by atoms with E-state index in [0.29, 0.717) is 0 Å². The standard InChI is InChI=1S/C13H18O2/c1-13(2)11-6-5-10(15-3)8-9(11)4-7-12(13)14/h5-6,8,12,14H,4,7H2,1-3H3. The summed E-state index contributed by atoms with van der Waals surface area (Å²) in [5, 5.41) is 9.98. The molecule has 0 aromatic heterocycles. The van der Waals surface area contributed by atoms with Crippen LogP contribution in [0.4, 0.5) is 0 Å². The van der Waals surface area contributed by atoms with Gasteiger partial charge in [0.2, 0.25) is 0 Å². The highest BCUT2D eigenvalue weighted by Gasteiger charge is 2.35. The van der Waals surface area contributed by atoms with Crippen molar-refractivity contribution >= 4 is 0 Å². The van der Waals surface area contributed by atoms with Crippen LogP contribution in [0.15, 0.2) is 18.2 Å². The molecule has 1 aliphatic carbocycles. The van der Waals surface area contributed by atoms with E-state index in [9.17, 15) is 5.11 Å². The highest BCUT2D eigenvalue weighted by molar-refractivity contribution is 5.42. The number of fused-ring (bicyclic) bond motifs is 1. The lowest BCUT2D eigenvalue weighted by Crippen LogP contribution is -2.38. The van der Waals surface area contributed by atoms with E-state index < -0.39 is 0 Å². The Morgan fingerprint density at radius 2 is 2.13 bits per heavy atom. The molecule has 1 unspecified atom stereocenters. The lowest BCUT2D eigenvalue weighted by atomic mass is 9.71. The van der Waals surface area contributed by atoms with Gasteiger partial charge in [0.05, 0.1) is 13.2 Å². The molecule has 82 valence electrons. The summed E-state index contributed by atoms with van der Waals surface area (Å²) < 4.78 is 5.21. The first kappa shape index (κ1) is 10.5. The minimum atomic E-state index is -0.238. The summed E-state index contributed by atoms with van der Waals surface area (Å²) in [4.78, 5) is 0.